The Morgan fingerprint density at radius 3 is 2.75 bits per heavy atom. The van der Waals surface area contributed by atoms with Crippen LogP contribution in [0.1, 0.15) is 77.5 Å². The van der Waals surface area contributed by atoms with E-state index in [1.807, 2.05) is 6.33 Å². The Hall–Kier alpha value is -0.830. The zero-order valence-corrected chi connectivity index (χ0v) is 13.5. The summed E-state index contributed by atoms with van der Waals surface area (Å²) in [5, 5.41) is 3.47. The molecule has 1 aliphatic rings. The van der Waals surface area contributed by atoms with E-state index in [0.29, 0.717) is 11.5 Å². The Labute approximate surface area is 124 Å². The fourth-order valence-corrected chi connectivity index (χ4v) is 3.36. The van der Waals surface area contributed by atoms with Crippen molar-refractivity contribution < 1.29 is 0 Å². The molecule has 1 aromatic rings. The number of unbranched alkanes of at least 4 members (excludes halogenated alkanes) is 3. The summed E-state index contributed by atoms with van der Waals surface area (Å²) in [4.78, 5) is 4.45. The lowest BCUT2D eigenvalue weighted by molar-refractivity contribution is 0.306. The third-order valence-electron chi connectivity index (χ3n) is 4.94. The monoisotopic (exact) mass is 277 g/mol. The molecule has 114 valence electrons. The molecule has 2 rings (SSSR count). The molecule has 0 aromatic carbocycles. The molecule has 0 radical (unpaired) electrons. The molecule has 0 amide bonds. The molecule has 1 N–H and O–H groups in total. The molecule has 0 aliphatic carbocycles. The second-order valence-electron chi connectivity index (χ2n) is 6.70. The molecule has 3 heteroatoms. The van der Waals surface area contributed by atoms with E-state index in [1.165, 1.54) is 50.6 Å². The van der Waals surface area contributed by atoms with Gasteiger partial charge >= 0.3 is 0 Å². The van der Waals surface area contributed by atoms with Gasteiger partial charge in [-0.3, -0.25) is 0 Å². The smallest absolute Gasteiger partial charge is 0.0950 e. The maximum Gasteiger partial charge on any atom is 0.0950 e. The van der Waals surface area contributed by atoms with Crippen LogP contribution in [0.4, 0.5) is 0 Å². The van der Waals surface area contributed by atoms with Gasteiger partial charge in [0.25, 0.3) is 0 Å². The molecular formula is C17H31N3. The van der Waals surface area contributed by atoms with Gasteiger partial charge in [-0.15, -0.1) is 0 Å². The fourth-order valence-electron chi connectivity index (χ4n) is 3.36. The first-order valence-electron chi connectivity index (χ1n) is 8.40. The standard InChI is InChI=1S/C17H31N3/c1-4-5-6-7-8-15(2)20-14-19-13-16(20)17(3)9-11-18-12-10-17/h13-15,18H,4-12H2,1-3H3. The summed E-state index contributed by atoms with van der Waals surface area (Å²) in [6, 6.07) is 0.580. The number of piperidine rings is 1. The van der Waals surface area contributed by atoms with Crippen LogP contribution in [0.2, 0.25) is 0 Å². The lowest BCUT2D eigenvalue weighted by Crippen LogP contribution is -2.39. The topological polar surface area (TPSA) is 29.9 Å². The Balaban J connectivity index is 2.00. The maximum atomic E-state index is 4.45. The molecule has 0 spiro atoms. The van der Waals surface area contributed by atoms with Crippen LogP contribution in [-0.2, 0) is 5.41 Å². The van der Waals surface area contributed by atoms with E-state index in [0.717, 1.165) is 13.1 Å². The van der Waals surface area contributed by atoms with Crippen molar-refractivity contribution in [1.29, 1.82) is 0 Å². The van der Waals surface area contributed by atoms with Gasteiger partial charge in [0, 0.05) is 23.3 Å². The fraction of sp³-hybridized carbons (Fsp3) is 0.824. The molecule has 1 fully saturated rings. The van der Waals surface area contributed by atoms with Gasteiger partial charge in [-0.05, 0) is 39.3 Å². The predicted octanol–water partition coefficient (Wildman–Crippen LogP) is 4.06. The van der Waals surface area contributed by atoms with Crippen LogP contribution < -0.4 is 5.32 Å². The van der Waals surface area contributed by atoms with Crippen LogP contribution in [-0.4, -0.2) is 22.6 Å². The molecule has 0 saturated carbocycles. The molecule has 1 aromatic heterocycles. The molecular weight excluding hydrogens is 246 g/mol. The first-order chi connectivity index (χ1) is 9.67. The minimum atomic E-state index is 0.305. The Kier molecular flexibility index (Phi) is 5.64. The normalized spacial score (nSPS) is 19.9. The van der Waals surface area contributed by atoms with Crippen molar-refractivity contribution in [2.75, 3.05) is 13.1 Å². The van der Waals surface area contributed by atoms with Crippen LogP contribution in [0.15, 0.2) is 12.5 Å². The second-order valence-corrected chi connectivity index (χ2v) is 6.70. The van der Waals surface area contributed by atoms with Crippen molar-refractivity contribution in [2.24, 2.45) is 0 Å². The molecule has 3 nitrogen and oxygen atoms in total. The van der Waals surface area contributed by atoms with Crippen LogP contribution in [0.25, 0.3) is 0 Å². The average Bonchev–Trinajstić information content (AvgIpc) is 2.94. The number of hydrogen-bond acceptors (Lipinski definition) is 2. The number of nitrogens with zero attached hydrogens (tertiary/aromatic N) is 2. The van der Waals surface area contributed by atoms with E-state index in [4.69, 9.17) is 0 Å². The molecule has 1 unspecified atom stereocenters. The van der Waals surface area contributed by atoms with Gasteiger partial charge in [-0.25, -0.2) is 4.98 Å². The highest BCUT2D eigenvalue weighted by Gasteiger charge is 2.32. The quantitative estimate of drug-likeness (QED) is 0.762. The molecule has 20 heavy (non-hydrogen) atoms. The third kappa shape index (κ3) is 3.63. The summed E-state index contributed by atoms with van der Waals surface area (Å²) in [7, 11) is 0. The maximum absolute atomic E-state index is 4.45. The zero-order chi connectivity index (χ0) is 14.4. The highest BCUT2D eigenvalue weighted by atomic mass is 15.1. The number of nitrogens with one attached hydrogen (secondary N) is 1. The molecule has 1 saturated heterocycles. The minimum absolute atomic E-state index is 0.305. The first kappa shape index (κ1) is 15.6. The van der Waals surface area contributed by atoms with Crippen molar-refractivity contribution in [3.05, 3.63) is 18.2 Å². The highest BCUT2D eigenvalue weighted by Crippen LogP contribution is 2.34. The van der Waals surface area contributed by atoms with Gasteiger partial charge in [0.2, 0.25) is 0 Å². The molecule has 0 bridgehead atoms. The van der Waals surface area contributed by atoms with Crippen molar-refractivity contribution >= 4 is 0 Å². The summed E-state index contributed by atoms with van der Waals surface area (Å²) in [5.74, 6) is 0. The molecule has 1 aliphatic heterocycles. The second kappa shape index (κ2) is 7.26. The molecule has 1 atom stereocenters. The number of imidazole rings is 1. The predicted molar refractivity (Wildman–Crippen MR) is 85.2 cm³/mol. The third-order valence-corrected chi connectivity index (χ3v) is 4.94. The Bertz CT molecular complexity index is 391. The molecule has 2 heterocycles. The number of rotatable bonds is 7. The minimum Gasteiger partial charge on any atom is -0.331 e. The van der Waals surface area contributed by atoms with E-state index in [9.17, 15) is 0 Å². The summed E-state index contributed by atoms with van der Waals surface area (Å²) in [6.45, 7) is 9.29. The van der Waals surface area contributed by atoms with E-state index < -0.39 is 0 Å². The summed E-state index contributed by atoms with van der Waals surface area (Å²) >= 11 is 0. The van der Waals surface area contributed by atoms with Gasteiger partial charge in [0.15, 0.2) is 0 Å². The van der Waals surface area contributed by atoms with Crippen molar-refractivity contribution in [1.82, 2.24) is 14.9 Å². The summed E-state index contributed by atoms with van der Waals surface area (Å²) in [6.07, 6.45) is 13.3. The number of aromatic nitrogens is 2. The van der Waals surface area contributed by atoms with E-state index in [2.05, 4.69) is 41.8 Å². The van der Waals surface area contributed by atoms with Gasteiger partial charge in [0.1, 0.15) is 0 Å². The Morgan fingerprint density at radius 1 is 1.30 bits per heavy atom. The van der Waals surface area contributed by atoms with Gasteiger partial charge < -0.3 is 9.88 Å². The Morgan fingerprint density at radius 2 is 2.05 bits per heavy atom. The largest absolute Gasteiger partial charge is 0.331 e. The van der Waals surface area contributed by atoms with Gasteiger partial charge in [-0.1, -0.05) is 39.5 Å². The van der Waals surface area contributed by atoms with E-state index >= 15 is 0 Å². The highest BCUT2D eigenvalue weighted by molar-refractivity contribution is 5.16. The lowest BCUT2D eigenvalue weighted by atomic mass is 9.78. The summed E-state index contributed by atoms with van der Waals surface area (Å²) < 4.78 is 2.44. The van der Waals surface area contributed by atoms with E-state index in [1.54, 1.807) is 0 Å². The van der Waals surface area contributed by atoms with Crippen molar-refractivity contribution in [3.63, 3.8) is 0 Å². The van der Waals surface area contributed by atoms with Crippen LogP contribution >= 0.6 is 0 Å². The van der Waals surface area contributed by atoms with Crippen LogP contribution in [0.3, 0.4) is 0 Å². The van der Waals surface area contributed by atoms with Crippen molar-refractivity contribution in [3.8, 4) is 0 Å². The van der Waals surface area contributed by atoms with Crippen LogP contribution in [0.5, 0.6) is 0 Å². The zero-order valence-electron chi connectivity index (χ0n) is 13.5. The van der Waals surface area contributed by atoms with Gasteiger partial charge in [-0.2, -0.15) is 0 Å². The van der Waals surface area contributed by atoms with Crippen LogP contribution in [0, 0.1) is 0 Å². The summed E-state index contributed by atoms with van der Waals surface area (Å²) in [5.41, 5.74) is 1.75. The van der Waals surface area contributed by atoms with Gasteiger partial charge in [0.05, 0.1) is 6.33 Å². The lowest BCUT2D eigenvalue weighted by Gasteiger charge is -2.35. The SMILES string of the molecule is CCCCCCC(C)n1cncc1C1(C)CCNCC1. The van der Waals surface area contributed by atoms with E-state index in [-0.39, 0.29) is 0 Å². The first-order valence-corrected chi connectivity index (χ1v) is 8.40. The average molecular weight is 277 g/mol. The van der Waals surface area contributed by atoms with Crippen molar-refractivity contribution in [2.45, 2.75) is 77.2 Å². The number of hydrogen-bond donors (Lipinski definition) is 1.